The number of aromatic nitrogens is 1. The number of hydrogen-bond donors (Lipinski definition) is 0. The zero-order valence-electron chi connectivity index (χ0n) is 20.0. The molecule has 0 amide bonds. The number of anilines is 1. The van der Waals surface area contributed by atoms with Crippen LogP contribution in [-0.4, -0.2) is 39.1 Å². The van der Waals surface area contributed by atoms with Crippen molar-refractivity contribution in [1.82, 2.24) is 4.98 Å². The van der Waals surface area contributed by atoms with Crippen LogP contribution in [0, 0.1) is 0 Å². The van der Waals surface area contributed by atoms with Gasteiger partial charge in [-0.05, 0) is 60.5 Å². The molecule has 3 aromatic rings. The molecule has 0 spiro atoms. The molecular formula is C26H22ClF3N2O5S. The summed E-state index contributed by atoms with van der Waals surface area (Å²) in [7, 11) is -3.21. The van der Waals surface area contributed by atoms with Crippen LogP contribution in [0.15, 0.2) is 65.7 Å². The molecule has 12 heteroatoms. The van der Waals surface area contributed by atoms with Gasteiger partial charge in [0.25, 0.3) is 10.0 Å². The zero-order valence-corrected chi connectivity index (χ0v) is 21.6. The fraction of sp³-hybridized carbons (Fsp3) is 0.231. The van der Waals surface area contributed by atoms with Gasteiger partial charge in [0.1, 0.15) is 11.9 Å². The van der Waals surface area contributed by atoms with Gasteiger partial charge in [0, 0.05) is 12.6 Å². The van der Waals surface area contributed by atoms with Gasteiger partial charge in [-0.15, -0.1) is 0 Å². The minimum atomic E-state index is -4.72. The average molecular weight is 567 g/mol. The monoisotopic (exact) mass is 566 g/mol. The summed E-state index contributed by atoms with van der Waals surface area (Å²) in [6.45, 7) is -0.220. The lowest BCUT2D eigenvalue weighted by molar-refractivity contribution is -0.141. The number of hydrogen-bond acceptors (Lipinski definition) is 6. The highest BCUT2D eigenvalue weighted by Gasteiger charge is 2.37. The molecule has 0 aliphatic carbocycles. The number of alkyl halides is 3. The molecule has 4 rings (SSSR count). The van der Waals surface area contributed by atoms with Gasteiger partial charge < -0.3 is 9.47 Å². The first-order chi connectivity index (χ1) is 18.0. The van der Waals surface area contributed by atoms with Crippen molar-refractivity contribution in [3.05, 3.63) is 82.6 Å². The molecule has 1 atom stereocenters. The van der Waals surface area contributed by atoms with Crippen molar-refractivity contribution in [2.24, 2.45) is 0 Å². The summed E-state index contributed by atoms with van der Waals surface area (Å²) in [6, 6.07) is 11.7. The minimum Gasteiger partial charge on any atom is -0.486 e. The number of esters is 1. The first-order valence-electron chi connectivity index (χ1n) is 11.3. The molecule has 0 radical (unpaired) electrons. The Hall–Kier alpha value is -3.57. The van der Waals surface area contributed by atoms with Crippen molar-refractivity contribution in [2.45, 2.75) is 30.0 Å². The molecule has 38 heavy (non-hydrogen) atoms. The molecule has 0 bridgehead atoms. The number of carbonyl (C=O) groups is 1. The van der Waals surface area contributed by atoms with Crippen LogP contribution in [0.25, 0.3) is 12.2 Å². The fourth-order valence-electron chi connectivity index (χ4n) is 3.85. The van der Waals surface area contributed by atoms with Gasteiger partial charge in [-0.2, -0.15) is 13.2 Å². The van der Waals surface area contributed by atoms with Crippen molar-refractivity contribution in [3.8, 4) is 5.75 Å². The number of carbonyl (C=O) groups excluding carboxylic acids is 1. The maximum atomic E-state index is 13.7. The van der Waals surface area contributed by atoms with E-state index in [-0.39, 0.29) is 30.8 Å². The SMILES string of the molecule is COC(=O)CC[C@H]1CN(S(=O)(=O)c2cccc(C(F)(F)F)c2)c2cc(C=Cc3ncccc3Cl)ccc2O1. The first-order valence-corrected chi connectivity index (χ1v) is 13.2. The van der Waals surface area contributed by atoms with E-state index in [4.69, 9.17) is 16.3 Å². The molecule has 1 aliphatic rings. The molecule has 0 saturated carbocycles. The second kappa shape index (κ2) is 11.0. The first kappa shape index (κ1) is 27.5. The predicted molar refractivity (Wildman–Crippen MR) is 136 cm³/mol. The van der Waals surface area contributed by atoms with Crippen molar-refractivity contribution in [2.75, 3.05) is 18.0 Å². The van der Waals surface area contributed by atoms with Crippen LogP contribution >= 0.6 is 11.6 Å². The zero-order chi connectivity index (χ0) is 27.5. The summed E-state index contributed by atoms with van der Waals surface area (Å²) < 4.78 is 78.9. The highest BCUT2D eigenvalue weighted by molar-refractivity contribution is 7.92. The summed E-state index contributed by atoms with van der Waals surface area (Å²) in [6.07, 6.45) is -0.450. The number of benzene rings is 2. The van der Waals surface area contributed by atoms with Gasteiger partial charge in [-0.25, -0.2) is 8.42 Å². The van der Waals surface area contributed by atoms with Crippen LogP contribution in [0.5, 0.6) is 5.75 Å². The van der Waals surface area contributed by atoms with Gasteiger partial charge in [0.05, 0.1) is 40.5 Å². The largest absolute Gasteiger partial charge is 0.486 e. The standard InChI is InChI=1S/C26H22ClF3N2O5S/c1-36-25(33)12-9-19-16-32(38(34,35)20-5-2-4-18(15-20)26(28,29)30)23-14-17(8-11-24(23)37-19)7-10-22-21(27)6-3-13-31-22/h2-8,10-11,13-15,19H,9,12,16H2,1H3/t19-/m0/s1. The molecular weight excluding hydrogens is 545 g/mol. The number of rotatable bonds is 7. The molecule has 2 aromatic carbocycles. The van der Waals surface area contributed by atoms with Crippen LogP contribution in [0.2, 0.25) is 5.02 Å². The van der Waals surface area contributed by atoms with E-state index in [1.807, 2.05) is 0 Å². The van der Waals surface area contributed by atoms with Crippen molar-refractivity contribution in [1.29, 1.82) is 0 Å². The van der Waals surface area contributed by atoms with Gasteiger partial charge in [0.15, 0.2) is 0 Å². The topological polar surface area (TPSA) is 85.8 Å². The van der Waals surface area contributed by atoms with E-state index in [9.17, 15) is 26.4 Å². The quantitative estimate of drug-likeness (QED) is 0.334. The molecule has 0 N–H and O–H groups in total. The van der Waals surface area contributed by atoms with Gasteiger partial charge in [-0.1, -0.05) is 29.8 Å². The Morgan fingerprint density at radius 1 is 1.18 bits per heavy atom. The third kappa shape index (κ3) is 6.11. The Morgan fingerprint density at radius 2 is 1.97 bits per heavy atom. The molecule has 7 nitrogen and oxygen atoms in total. The Balaban J connectivity index is 1.74. The number of halogens is 4. The number of methoxy groups -OCH3 is 1. The third-order valence-electron chi connectivity index (χ3n) is 5.78. The third-order valence-corrected chi connectivity index (χ3v) is 7.88. The minimum absolute atomic E-state index is 0.0282. The van der Waals surface area contributed by atoms with Crippen LogP contribution < -0.4 is 9.04 Å². The van der Waals surface area contributed by atoms with Gasteiger partial charge >= 0.3 is 12.1 Å². The number of ether oxygens (including phenoxy) is 2. The normalized spacial score (nSPS) is 15.7. The predicted octanol–water partition coefficient (Wildman–Crippen LogP) is 5.83. The Morgan fingerprint density at radius 3 is 2.68 bits per heavy atom. The van der Waals surface area contributed by atoms with Gasteiger partial charge in [-0.3, -0.25) is 14.1 Å². The summed E-state index contributed by atoms with van der Waals surface area (Å²) in [5.74, 6) is -0.296. The number of nitrogens with zero attached hydrogens (tertiary/aromatic N) is 2. The van der Waals surface area contributed by atoms with Crippen molar-refractivity contribution < 1.29 is 35.9 Å². The summed E-state index contributed by atoms with van der Waals surface area (Å²) in [5.41, 5.74) is 0.134. The maximum Gasteiger partial charge on any atom is 0.416 e. The highest BCUT2D eigenvalue weighted by Crippen LogP contribution is 2.40. The lowest BCUT2D eigenvalue weighted by Crippen LogP contribution is -2.43. The van der Waals surface area contributed by atoms with E-state index in [0.717, 1.165) is 22.5 Å². The average Bonchev–Trinajstić information content (AvgIpc) is 2.90. The van der Waals surface area contributed by atoms with Crippen molar-refractivity contribution in [3.63, 3.8) is 0 Å². The van der Waals surface area contributed by atoms with E-state index >= 15 is 0 Å². The molecule has 200 valence electrons. The van der Waals surface area contributed by atoms with E-state index in [1.54, 1.807) is 48.7 Å². The lowest BCUT2D eigenvalue weighted by Gasteiger charge is -2.35. The van der Waals surface area contributed by atoms with Crippen LogP contribution in [0.1, 0.15) is 29.7 Å². The van der Waals surface area contributed by atoms with Gasteiger partial charge in [0.2, 0.25) is 0 Å². The van der Waals surface area contributed by atoms with Crippen LogP contribution in [0.3, 0.4) is 0 Å². The van der Waals surface area contributed by atoms with E-state index in [0.29, 0.717) is 22.3 Å². The molecule has 0 saturated heterocycles. The summed E-state index contributed by atoms with van der Waals surface area (Å²) in [4.78, 5) is 15.3. The van der Waals surface area contributed by atoms with Crippen LogP contribution in [-0.2, 0) is 25.7 Å². The second-order valence-corrected chi connectivity index (χ2v) is 10.6. The Bertz CT molecular complexity index is 1480. The molecule has 2 heterocycles. The maximum absolute atomic E-state index is 13.7. The molecule has 0 fully saturated rings. The fourth-order valence-corrected chi connectivity index (χ4v) is 5.58. The summed E-state index contributed by atoms with van der Waals surface area (Å²) in [5, 5.41) is 0.423. The lowest BCUT2D eigenvalue weighted by atomic mass is 10.1. The number of pyridine rings is 1. The van der Waals surface area contributed by atoms with E-state index in [1.165, 1.54) is 7.11 Å². The smallest absolute Gasteiger partial charge is 0.416 e. The van der Waals surface area contributed by atoms with E-state index in [2.05, 4.69) is 9.72 Å². The Labute approximate surface area is 222 Å². The number of sulfonamides is 1. The molecule has 1 aliphatic heterocycles. The highest BCUT2D eigenvalue weighted by atomic mass is 35.5. The van der Waals surface area contributed by atoms with Crippen molar-refractivity contribution >= 4 is 45.4 Å². The second-order valence-electron chi connectivity index (χ2n) is 8.35. The van der Waals surface area contributed by atoms with Crippen LogP contribution in [0.4, 0.5) is 18.9 Å². The molecule has 1 aromatic heterocycles. The molecule has 0 unspecified atom stereocenters. The Kier molecular flexibility index (Phi) is 7.98. The summed E-state index contributed by atoms with van der Waals surface area (Å²) >= 11 is 6.15. The number of fused-ring (bicyclic) bond motifs is 1. The van der Waals surface area contributed by atoms with E-state index < -0.39 is 38.7 Å².